The summed E-state index contributed by atoms with van der Waals surface area (Å²) in [5.41, 5.74) is 2.74. The third-order valence-corrected chi connectivity index (χ3v) is 9.48. The molecule has 222 valence electrons. The molecule has 1 aromatic heterocycles. The van der Waals surface area contributed by atoms with Gasteiger partial charge < -0.3 is 30.2 Å². The minimum absolute atomic E-state index is 0.262. The van der Waals surface area contributed by atoms with Gasteiger partial charge >= 0.3 is 0 Å². The van der Waals surface area contributed by atoms with E-state index in [4.69, 9.17) is 16.3 Å². The number of hydrogen-bond acceptors (Lipinski definition) is 9. The zero-order chi connectivity index (χ0) is 29.9. The monoisotopic (exact) mass is 609 g/mol. The summed E-state index contributed by atoms with van der Waals surface area (Å²) in [4.78, 5) is 26.2. The van der Waals surface area contributed by atoms with Crippen LogP contribution in [0.2, 0.25) is 5.02 Å². The highest BCUT2D eigenvalue weighted by molar-refractivity contribution is 7.70. The summed E-state index contributed by atoms with van der Waals surface area (Å²) in [5, 5.41) is 10.4. The van der Waals surface area contributed by atoms with Gasteiger partial charge in [-0.2, -0.15) is 4.98 Å². The molecule has 0 spiro atoms. The van der Waals surface area contributed by atoms with E-state index < -0.39 is 7.14 Å². The molecule has 1 amide bonds. The van der Waals surface area contributed by atoms with E-state index in [9.17, 15) is 9.36 Å². The summed E-state index contributed by atoms with van der Waals surface area (Å²) in [6.45, 7) is 11.1. The van der Waals surface area contributed by atoms with Gasteiger partial charge in [0.1, 0.15) is 17.9 Å². The van der Waals surface area contributed by atoms with Gasteiger partial charge in [0.25, 0.3) is 0 Å². The topological polar surface area (TPSA) is 112 Å². The number of nitrogens with one attached hydrogen (secondary N) is 3. The van der Waals surface area contributed by atoms with Gasteiger partial charge in [0, 0.05) is 30.5 Å². The van der Waals surface area contributed by atoms with E-state index >= 15 is 0 Å². The Kier molecular flexibility index (Phi) is 9.06. The smallest absolute Gasteiger partial charge is 0.247 e. The summed E-state index contributed by atoms with van der Waals surface area (Å²) in [5.74, 6) is 0.885. The minimum atomic E-state index is -2.56. The van der Waals surface area contributed by atoms with Gasteiger partial charge in [-0.1, -0.05) is 30.3 Å². The van der Waals surface area contributed by atoms with Crippen LogP contribution in [0.4, 0.5) is 34.5 Å². The Morgan fingerprint density at radius 1 is 1.12 bits per heavy atom. The molecular formula is C30H37ClN7O3P. The summed E-state index contributed by atoms with van der Waals surface area (Å²) in [6, 6.07) is 11.6. The minimum Gasteiger partial charge on any atom is -0.494 e. The first-order valence-corrected chi connectivity index (χ1v) is 17.0. The number of aromatic nitrogens is 2. The predicted octanol–water partition coefficient (Wildman–Crippen LogP) is 5.67. The van der Waals surface area contributed by atoms with Crippen LogP contribution in [0, 0.1) is 0 Å². The first-order chi connectivity index (χ1) is 20.2. The number of methoxy groups -OCH3 is 1. The van der Waals surface area contributed by atoms with Crippen molar-refractivity contribution >= 4 is 64.5 Å². The molecule has 2 aromatic carbocycles. The Labute approximate surface area is 251 Å². The zero-order valence-corrected chi connectivity index (χ0v) is 25.8. The molecule has 0 aliphatic carbocycles. The van der Waals surface area contributed by atoms with Crippen molar-refractivity contribution in [1.82, 2.24) is 14.9 Å². The molecule has 2 saturated heterocycles. The van der Waals surface area contributed by atoms with Gasteiger partial charge in [0.15, 0.2) is 5.82 Å². The van der Waals surface area contributed by atoms with Crippen molar-refractivity contribution in [2.75, 3.05) is 67.5 Å². The van der Waals surface area contributed by atoms with Gasteiger partial charge in [0.05, 0.1) is 36.1 Å². The molecule has 0 radical (unpaired) electrons. The molecule has 10 nitrogen and oxygen atoms in total. The normalized spacial score (nSPS) is 17.2. The lowest BCUT2D eigenvalue weighted by atomic mass is 10.2. The number of nitrogens with zero attached hydrogens (tertiary/aromatic N) is 4. The van der Waals surface area contributed by atoms with Crippen molar-refractivity contribution in [3.05, 3.63) is 60.3 Å². The second-order valence-electron chi connectivity index (χ2n) is 10.9. The quantitative estimate of drug-likeness (QED) is 0.198. The number of likely N-dealkylation sites (tertiary alicyclic amines) is 1. The van der Waals surface area contributed by atoms with Crippen LogP contribution in [0.1, 0.15) is 19.3 Å². The van der Waals surface area contributed by atoms with Crippen molar-refractivity contribution in [3.63, 3.8) is 0 Å². The van der Waals surface area contributed by atoms with Gasteiger partial charge in [0.2, 0.25) is 11.9 Å². The number of para-hydroxylation sites is 1. The van der Waals surface area contributed by atoms with Crippen LogP contribution in [-0.4, -0.2) is 73.4 Å². The Hall–Kier alpha value is -3.59. The molecule has 2 fully saturated rings. The SMILES string of the molecule is C=CC(=O)Nc1cc(Nc2ncc(Cl)c(Nc3ccccc3P(C)(C)=O)n2)c(OC)cc1N1CCC(N2CCCC2)C1. The number of rotatable bonds is 10. The number of carbonyl (C=O) groups excluding carboxylic acids is 1. The van der Waals surface area contributed by atoms with E-state index in [0.717, 1.165) is 38.3 Å². The van der Waals surface area contributed by atoms with E-state index in [1.807, 2.05) is 36.4 Å². The molecule has 12 heteroatoms. The molecule has 5 rings (SSSR count). The molecule has 0 saturated carbocycles. The number of ether oxygens (including phenoxy) is 1. The highest BCUT2D eigenvalue weighted by atomic mass is 35.5. The summed E-state index contributed by atoms with van der Waals surface area (Å²) in [7, 11) is -0.958. The highest BCUT2D eigenvalue weighted by Crippen LogP contribution is 2.41. The average molecular weight is 610 g/mol. The Bertz CT molecular complexity index is 1520. The fraction of sp³-hybridized carbons (Fsp3) is 0.367. The lowest BCUT2D eigenvalue weighted by Crippen LogP contribution is -2.35. The molecule has 3 aromatic rings. The van der Waals surface area contributed by atoms with Crippen LogP contribution >= 0.6 is 18.7 Å². The predicted molar refractivity (Wildman–Crippen MR) is 172 cm³/mol. The van der Waals surface area contributed by atoms with Crippen molar-refractivity contribution < 1.29 is 14.1 Å². The van der Waals surface area contributed by atoms with Crippen LogP contribution in [0.5, 0.6) is 5.75 Å². The number of amides is 1. The summed E-state index contributed by atoms with van der Waals surface area (Å²) >= 11 is 6.45. The maximum atomic E-state index is 12.9. The number of carbonyl (C=O) groups is 1. The molecule has 0 bridgehead atoms. The van der Waals surface area contributed by atoms with Crippen LogP contribution in [-0.2, 0) is 9.36 Å². The maximum Gasteiger partial charge on any atom is 0.247 e. The van der Waals surface area contributed by atoms with Crippen molar-refractivity contribution in [1.29, 1.82) is 0 Å². The van der Waals surface area contributed by atoms with Gasteiger partial charge in [-0.05, 0) is 70.0 Å². The molecule has 3 N–H and O–H groups in total. The molecule has 3 heterocycles. The van der Waals surface area contributed by atoms with E-state index in [1.54, 1.807) is 20.4 Å². The fourth-order valence-electron chi connectivity index (χ4n) is 5.56. The largest absolute Gasteiger partial charge is 0.494 e. The number of hydrogen-bond donors (Lipinski definition) is 3. The number of anilines is 6. The molecule has 2 aliphatic rings. The second kappa shape index (κ2) is 12.7. The number of halogens is 1. The first kappa shape index (κ1) is 29.9. The van der Waals surface area contributed by atoms with Crippen molar-refractivity contribution in [2.24, 2.45) is 0 Å². The van der Waals surface area contributed by atoms with Crippen LogP contribution in [0.3, 0.4) is 0 Å². The molecular weight excluding hydrogens is 573 g/mol. The molecule has 42 heavy (non-hydrogen) atoms. The Morgan fingerprint density at radius 3 is 2.60 bits per heavy atom. The Morgan fingerprint density at radius 2 is 1.88 bits per heavy atom. The first-order valence-electron chi connectivity index (χ1n) is 14.0. The Balaban J connectivity index is 1.44. The van der Waals surface area contributed by atoms with E-state index in [1.165, 1.54) is 25.1 Å². The van der Waals surface area contributed by atoms with Crippen LogP contribution in [0.25, 0.3) is 0 Å². The van der Waals surface area contributed by atoms with E-state index in [-0.39, 0.29) is 11.9 Å². The maximum absolute atomic E-state index is 12.9. The highest BCUT2D eigenvalue weighted by Gasteiger charge is 2.31. The van der Waals surface area contributed by atoms with E-state index in [2.05, 4.69) is 42.3 Å². The average Bonchev–Trinajstić information content (AvgIpc) is 3.67. The zero-order valence-electron chi connectivity index (χ0n) is 24.2. The van der Waals surface area contributed by atoms with Gasteiger partial charge in [-0.15, -0.1) is 0 Å². The third-order valence-electron chi connectivity index (χ3n) is 7.65. The summed E-state index contributed by atoms with van der Waals surface area (Å²) < 4.78 is 18.6. The van der Waals surface area contributed by atoms with Gasteiger partial charge in [-0.3, -0.25) is 9.69 Å². The second-order valence-corrected chi connectivity index (χ2v) is 14.5. The number of benzene rings is 2. The van der Waals surface area contributed by atoms with E-state index in [0.29, 0.717) is 45.0 Å². The lowest BCUT2D eigenvalue weighted by Gasteiger charge is -2.27. The summed E-state index contributed by atoms with van der Waals surface area (Å²) in [6.07, 6.45) is 6.31. The van der Waals surface area contributed by atoms with Crippen molar-refractivity contribution in [3.8, 4) is 5.75 Å². The standard InChI is InChI=1S/C30H37ClN7O3P/c1-5-28(39)33-23-16-24(26(41-2)17-25(23)38-15-12-20(19-38)37-13-8-9-14-37)35-30-32-18-21(31)29(36-30)34-22-10-6-7-11-27(22)42(3,4)40/h5-7,10-11,16-18,20H,1,8-9,12-15,19H2,2-4H3,(H,33,39)(H2,32,34,35,36). The van der Waals surface area contributed by atoms with Crippen molar-refractivity contribution in [2.45, 2.75) is 25.3 Å². The fourth-order valence-corrected chi connectivity index (χ4v) is 6.85. The lowest BCUT2D eigenvalue weighted by molar-refractivity contribution is -0.111. The molecule has 1 atom stereocenters. The van der Waals surface area contributed by atoms with Crippen LogP contribution < -0.4 is 30.9 Å². The molecule has 1 unspecified atom stereocenters. The van der Waals surface area contributed by atoms with Gasteiger partial charge in [-0.25, -0.2) is 4.98 Å². The molecule has 2 aliphatic heterocycles. The van der Waals surface area contributed by atoms with Crippen LogP contribution in [0.15, 0.2) is 55.3 Å². The third kappa shape index (κ3) is 6.72.